The first-order valence-electron chi connectivity index (χ1n) is 12.7. The van der Waals surface area contributed by atoms with Gasteiger partial charge < -0.3 is 21.7 Å². The molecule has 1 aromatic heterocycles. The quantitative estimate of drug-likeness (QED) is 0.204. The van der Waals surface area contributed by atoms with Crippen molar-refractivity contribution in [3.8, 4) is 0 Å². The van der Waals surface area contributed by atoms with E-state index < -0.39 is 21.7 Å². The van der Waals surface area contributed by atoms with Crippen LogP contribution in [0.4, 0.5) is 17.2 Å². The minimum atomic E-state index is -3.48. The Morgan fingerprint density at radius 2 is 1.59 bits per heavy atom. The number of sulfone groups is 1. The third-order valence-electron chi connectivity index (χ3n) is 6.00. The molecule has 3 rings (SSSR count). The monoisotopic (exact) mass is 571 g/mol. The molecule has 0 saturated carbocycles. The van der Waals surface area contributed by atoms with Crippen molar-refractivity contribution in [2.75, 3.05) is 35.3 Å². The van der Waals surface area contributed by atoms with Crippen molar-refractivity contribution in [3.63, 3.8) is 0 Å². The standard InChI is InChI=1S/C28H34ClN5O4S/c1-19-8-12-24(23(16-19)28(36)34-26-13-9-20(29)18-32-26)33-27(35)22-11-10-21(39(2,37)38)17-25(22)31-15-7-5-3-4-6-14-30/h8-13,16-18,31H,3-7,14-15,30H2,1-2H3,(H,33,35)(H,32,34,36). The van der Waals surface area contributed by atoms with Crippen molar-refractivity contribution in [1.82, 2.24) is 4.98 Å². The van der Waals surface area contributed by atoms with Gasteiger partial charge in [-0.25, -0.2) is 13.4 Å². The molecule has 0 bridgehead atoms. The van der Waals surface area contributed by atoms with Crippen LogP contribution in [-0.2, 0) is 9.84 Å². The average Bonchev–Trinajstić information content (AvgIpc) is 2.89. The topological polar surface area (TPSA) is 143 Å². The Morgan fingerprint density at radius 1 is 0.872 bits per heavy atom. The zero-order chi connectivity index (χ0) is 28.4. The van der Waals surface area contributed by atoms with Crippen molar-refractivity contribution < 1.29 is 18.0 Å². The summed E-state index contributed by atoms with van der Waals surface area (Å²) in [5.74, 6) is -0.624. The molecule has 11 heteroatoms. The number of carbonyl (C=O) groups excluding carboxylic acids is 2. The van der Waals surface area contributed by atoms with Crippen LogP contribution in [0, 0.1) is 6.92 Å². The molecule has 2 aromatic carbocycles. The number of benzene rings is 2. The lowest BCUT2D eigenvalue weighted by Crippen LogP contribution is -2.20. The highest BCUT2D eigenvalue weighted by Crippen LogP contribution is 2.25. The van der Waals surface area contributed by atoms with Gasteiger partial charge in [-0.15, -0.1) is 0 Å². The smallest absolute Gasteiger partial charge is 0.258 e. The van der Waals surface area contributed by atoms with Gasteiger partial charge in [0.2, 0.25) is 0 Å². The molecule has 0 atom stereocenters. The van der Waals surface area contributed by atoms with Gasteiger partial charge in [-0.2, -0.15) is 0 Å². The fourth-order valence-corrected chi connectivity index (χ4v) is 4.66. The summed E-state index contributed by atoms with van der Waals surface area (Å²) in [5.41, 5.74) is 7.58. The van der Waals surface area contributed by atoms with E-state index in [4.69, 9.17) is 17.3 Å². The molecule has 0 aliphatic rings. The predicted octanol–water partition coefficient (Wildman–Crippen LogP) is 5.27. The number of pyridine rings is 1. The highest BCUT2D eigenvalue weighted by molar-refractivity contribution is 7.90. The molecule has 0 aliphatic heterocycles. The highest BCUT2D eigenvalue weighted by Gasteiger charge is 2.19. The molecular formula is C28H34ClN5O4S. The van der Waals surface area contributed by atoms with Gasteiger partial charge in [0.25, 0.3) is 11.8 Å². The lowest BCUT2D eigenvalue weighted by atomic mass is 10.1. The van der Waals surface area contributed by atoms with E-state index in [0.717, 1.165) is 43.9 Å². The Hall–Kier alpha value is -3.47. The SMILES string of the molecule is Cc1ccc(NC(=O)c2ccc(S(C)(=O)=O)cc2NCCCCCCCN)c(C(=O)Nc2ccc(Cl)cn2)c1. The van der Waals surface area contributed by atoms with Gasteiger partial charge in [-0.3, -0.25) is 9.59 Å². The molecule has 2 amide bonds. The fourth-order valence-electron chi connectivity index (χ4n) is 3.90. The molecule has 9 nitrogen and oxygen atoms in total. The summed E-state index contributed by atoms with van der Waals surface area (Å²) in [6, 6.07) is 12.6. The Kier molecular flexibility index (Phi) is 10.8. The lowest BCUT2D eigenvalue weighted by molar-refractivity contribution is 0.102. The summed E-state index contributed by atoms with van der Waals surface area (Å²) in [6.07, 6.45) is 7.50. The molecule has 3 aromatic rings. The Labute approximate surface area is 234 Å². The normalized spacial score (nSPS) is 11.2. The molecule has 0 fully saturated rings. The van der Waals surface area contributed by atoms with Gasteiger partial charge in [-0.05, 0) is 68.8 Å². The fraction of sp³-hybridized carbons (Fsp3) is 0.321. The molecular weight excluding hydrogens is 538 g/mol. The molecule has 0 aliphatic carbocycles. The van der Waals surface area contributed by atoms with Crippen molar-refractivity contribution >= 4 is 50.4 Å². The second-order valence-electron chi connectivity index (χ2n) is 9.28. The summed E-state index contributed by atoms with van der Waals surface area (Å²) in [4.78, 5) is 30.6. The molecule has 0 spiro atoms. The predicted molar refractivity (Wildman–Crippen MR) is 157 cm³/mol. The Balaban J connectivity index is 1.81. The molecule has 39 heavy (non-hydrogen) atoms. The van der Waals surface area contributed by atoms with E-state index >= 15 is 0 Å². The van der Waals surface area contributed by atoms with E-state index in [0.29, 0.717) is 35.3 Å². The third-order valence-corrected chi connectivity index (χ3v) is 7.33. The van der Waals surface area contributed by atoms with E-state index in [1.807, 2.05) is 6.92 Å². The minimum absolute atomic E-state index is 0.107. The van der Waals surface area contributed by atoms with Crippen LogP contribution in [0.2, 0.25) is 5.02 Å². The number of hydrogen-bond acceptors (Lipinski definition) is 7. The van der Waals surface area contributed by atoms with Crippen molar-refractivity contribution in [1.29, 1.82) is 0 Å². The summed E-state index contributed by atoms with van der Waals surface area (Å²) in [7, 11) is -3.48. The first kappa shape index (κ1) is 30.1. The highest BCUT2D eigenvalue weighted by atomic mass is 35.5. The van der Waals surface area contributed by atoms with Crippen LogP contribution in [0.25, 0.3) is 0 Å². The second kappa shape index (κ2) is 14.1. The number of aromatic nitrogens is 1. The molecule has 0 unspecified atom stereocenters. The van der Waals surface area contributed by atoms with Gasteiger partial charge >= 0.3 is 0 Å². The molecule has 0 radical (unpaired) electrons. The number of hydrogen-bond donors (Lipinski definition) is 4. The average molecular weight is 572 g/mol. The van der Waals surface area contributed by atoms with E-state index in [-0.39, 0.29) is 16.0 Å². The van der Waals surface area contributed by atoms with Crippen molar-refractivity contribution in [3.05, 3.63) is 76.4 Å². The van der Waals surface area contributed by atoms with E-state index in [1.165, 1.54) is 24.4 Å². The van der Waals surface area contributed by atoms with E-state index in [2.05, 4.69) is 20.9 Å². The largest absolute Gasteiger partial charge is 0.384 e. The van der Waals surface area contributed by atoms with Gasteiger partial charge in [0, 0.05) is 24.7 Å². The van der Waals surface area contributed by atoms with Gasteiger partial charge in [-0.1, -0.05) is 42.5 Å². The summed E-state index contributed by atoms with van der Waals surface area (Å²) < 4.78 is 24.3. The number of nitrogens with one attached hydrogen (secondary N) is 3. The number of rotatable bonds is 13. The first-order chi connectivity index (χ1) is 18.6. The number of amides is 2. The molecule has 208 valence electrons. The van der Waals surface area contributed by atoms with Crippen LogP contribution < -0.4 is 21.7 Å². The van der Waals surface area contributed by atoms with E-state index in [1.54, 1.807) is 30.3 Å². The number of unbranched alkanes of at least 4 members (excludes halogenated alkanes) is 4. The van der Waals surface area contributed by atoms with Crippen molar-refractivity contribution in [2.24, 2.45) is 5.73 Å². The van der Waals surface area contributed by atoms with Crippen LogP contribution in [0.3, 0.4) is 0 Å². The minimum Gasteiger partial charge on any atom is -0.384 e. The van der Waals surface area contributed by atoms with Crippen LogP contribution >= 0.6 is 11.6 Å². The number of aryl methyl sites for hydroxylation is 1. The maximum Gasteiger partial charge on any atom is 0.258 e. The zero-order valence-electron chi connectivity index (χ0n) is 22.1. The summed E-state index contributed by atoms with van der Waals surface area (Å²) in [5, 5.41) is 9.18. The van der Waals surface area contributed by atoms with Crippen LogP contribution in [0.5, 0.6) is 0 Å². The van der Waals surface area contributed by atoms with Crippen molar-refractivity contribution in [2.45, 2.75) is 43.9 Å². The maximum atomic E-state index is 13.4. The second-order valence-corrected chi connectivity index (χ2v) is 11.7. The summed E-state index contributed by atoms with van der Waals surface area (Å²) >= 11 is 5.87. The first-order valence-corrected chi connectivity index (χ1v) is 15.0. The number of anilines is 3. The Bertz CT molecular complexity index is 1410. The zero-order valence-corrected chi connectivity index (χ0v) is 23.7. The third kappa shape index (κ3) is 9.05. The number of nitrogens with zero attached hydrogens (tertiary/aromatic N) is 1. The number of carbonyl (C=O) groups is 2. The van der Waals surface area contributed by atoms with Crippen LogP contribution in [-0.4, -0.2) is 44.6 Å². The van der Waals surface area contributed by atoms with Gasteiger partial charge in [0.05, 0.1) is 26.7 Å². The Morgan fingerprint density at radius 3 is 2.28 bits per heavy atom. The summed E-state index contributed by atoms with van der Waals surface area (Å²) in [6.45, 7) is 3.09. The van der Waals surface area contributed by atoms with Crippen LogP contribution in [0.15, 0.2) is 59.6 Å². The molecule has 5 N–H and O–H groups in total. The molecule has 0 saturated heterocycles. The number of nitrogens with two attached hydrogens (primary N) is 1. The van der Waals surface area contributed by atoms with E-state index in [9.17, 15) is 18.0 Å². The van der Waals surface area contributed by atoms with Crippen LogP contribution in [0.1, 0.15) is 58.4 Å². The van der Waals surface area contributed by atoms with Gasteiger partial charge in [0.15, 0.2) is 9.84 Å². The maximum absolute atomic E-state index is 13.4. The lowest BCUT2D eigenvalue weighted by Gasteiger charge is -2.16. The molecule has 1 heterocycles. The number of halogens is 1. The van der Waals surface area contributed by atoms with Gasteiger partial charge in [0.1, 0.15) is 5.82 Å².